The Bertz CT molecular complexity index is 522. The molecule has 15 heavy (non-hydrogen) atoms. The van der Waals surface area contributed by atoms with Crippen molar-refractivity contribution in [3.05, 3.63) is 36.4 Å². The van der Waals surface area contributed by atoms with Gasteiger partial charge in [-0.05, 0) is 12.1 Å². The first-order valence-corrected chi connectivity index (χ1v) is 5.51. The highest BCUT2D eigenvalue weighted by molar-refractivity contribution is 7.79. The highest BCUT2D eigenvalue weighted by Crippen LogP contribution is 2.28. The van der Waals surface area contributed by atoms with Crippen LogP contribution >= 0.6 is 0 Å². The molecule has 2 aromatic carbocycles. The molecule has 0 aromatic heterocycles. The number of hydrogen-bond donors (Lipinski definition) is 1. The zero-order chi connectivity index (χ0) is 10.8. The fourth-order valence-corrected chi connectivity index (χ4v) is 2.14. The molecule has 0 bridgehead atoms. The summed E-state index contributed by atoms with van der Waals surface area (Å²) in [4.78, 5) is 0.409. The second-order valence-electron chi connectivity index (χ2n) is 3.06. The van der Waals surface area contributed by atoms with Crippen molar-refractivity contribution in [1.29, 1.82) is 0 Å². The van der Waals surface area contributed by atoms with Crippen LogP contribution in [0.3, 0.4) is 0 Å². The number of rotatable bonds is 2. The molecule has 0 aliphatic heterocycles. The molecule has 0 amide bonds. The van der Waals surface area contributed by atoms with Crippen LogP contribution in [0, 0.1) is 0 Å². The minimum absolute atomic E-state index is 0.409. The monoisotopic (exact) mass is 222 g/mol. The highest BCUT2D eigenvalue weighted by Gasteiger charge is 2.08. The zero-order valence-corrected chi connectivity index (χ0v) is 8.95. The molecule has 1 N–H and O–H groups in total. The van der Waals surface area contributed by atoms with Gasteiger partial charge in [0.15, 0.2) is 11.1 Å². The number of fused-ring (bicyclic) bond motifs is 1. The van der Waals surface area contributed by atoms with Crippen molar-refractivity contribution in [2.75, 3.05) is 7.11 Å². The minimum atomic E-state index is -1.97. The number of ether oxygens (including phenoxy) is 1. The second kappa shape index (κ2) is 4.00. The van der Waals surface area contributed by atoms with Crippen LogP contribution in [0.1, 0.15) is 0 Å². The van der Waals surface area contributed by atoms with Crippen molar-refractivity contribution in [3.63, 3.8) is 0 Å². The molecule has 0 aliphatic rings. The molecular weight excluding hydrogens is 212 g/mol. The molecule has 0 heterocycles. The molecule has 4 heteroatoms. The third-order valence-corrected chi connectivity index (χ3v) is 2.98. The van der Waals surface area contributed by atoms with Crippen LogP contribution in [0.15, 0.2) is 41.3 Å². The predicted octanol–water partition coefficient (Wildman–Crippen LogP) is 2.43. The van der Waals surface area contributed by atoms with Crippen LogP contribution < -0.4 is 4.74 Å². The molecule has 0 saturated carbocycles. The van der Waals surface area contributed by atoms with Crippen LogP contribution in [-0.2, 0) is 11.1 Å². The number of benzene rings is 2. The van der Waals surface area contributed by atoms with E-state index in [0.29, 0.717) is 10.6 Å². The molecule has 1 atom stereocenters. The van der Waals surface area contributed by atoms with Crippen LogP contribution in [0.5, 0.6) is 5.75 Å². The first-order valence-electron chi connectivity index (χ1n) is 4.40. The van der Waals surface area contributed by atoms with Crippen molar-refractivity contribution in [2.45, 2.75) is 4.90 Å². The van der Waals surface area contributed by atoms with E-state index in [-0.39, 0.29) is 0 Å². The van der Waals surface area contributed by atoms with E-state index < -0.39 is 11.1 Å². The first kappa shape index (κ1) is 10.1. The maximum Gasteiger partial charge on any atom is 0.187 e. The van der Waals surface area contributed by atoms with E-state index in [1.807, 2.05) is 12.1 Å². The molecule has 3 nitrogen and oxygen atoms in total. The summed E-state index contributed by atoms with van der Waals surface area (Å²) in [6.07, 6.45) is 0. The van der Waals surface area contributed by atoms with Crippen molar-refractivity contribution in [2.24, 2.45) is 0 Å². The van der Waals surface area contributed by atoms with Crippen LogP contribution in [0.2, 0.25) is 0 Å². The molecule has 0 radical (unpaired) electrons. The van der Waals surface area contributed by atoms with E-state index >= 15 is 0 Å². The summed E-state index contributed by atoms with van der Waals surface area (Å²) in [7, 11) is 1.58. The van der Waals surface area contributed by atoms with E-state index in [9.17, 15) is 4.21 Å². The molecular formula is C11H10O3S. The summed E-state index contributed by atoms with van der Waals surface area (Å²) in [5.74, 6) is 0.708. The third kappa shape index (κ3) is 1.73. The first-order chi connectivity index (χ1) is 7.24. The van der Waals surface area contributed by atoms with Gasteiger partial charge in [0.1, 0.15) is 5.75 Å². The molecule has 2 rings (SSSR count). The quantitative estimate of drug-likeness (QED) is 0.794. The Balaban J connectivity index is 2.82. The normalized spacial score (nSPS) is 12.7. The maximum absolute atomic E-state index is 11.1. The predicted molar refractivity (Wildman–Crippen MR) is 59.5 cm³/mol. The van der Waals surface area contributed by atoms with Crippen molar-refractivity contribution in [1.82, 2.24) is 0 Å². The van der Waals surface area contributed by atoms with Gasteiger partial charge in [0.2, 0.25) is 0 Å². The van der Waals surface area contributed by atoms with E-state index in [4.69, 9.17) is 9.29 Å². The summed E-state index contributed by atoms with van der Waals surface area (Å²) in [5, 5.41) is 1.59. The van der Waals surface area contributed by atoms with Gasteiger partial charge in [-0.25, -0.2) is 4.21 Å². The van der Waals surface area contributed by atoms with Gasteiger partial charge in [-0.3, -0.25) is 0 Å². The van der Waals surface area contributed by atoms with Gasteiger partial charge >= 0.3 is 0 Å². The van der Waals surface area contributed by atoms with E-state index in [2.05, 4.69) is 0 Å². The topological polar surface area (TPSA) is 46.5 Å². The lowest BCUT2D eigenvalue weighted by atomic mass is 10.1. The van der Waals surface area contributed by atoms with E-state index in [1.54, 1.807) is 31.4 Å². The lowest BCUT2D eigenvalue weighted by Crippen LogP contribution is -1.91. The van der Waals surface area contributed by atoms with E-state index in [1.165, 1.54) is 0 Å². The average Bonchev–Trinajstić information content (AvgIpc) is 2.27. The van der Waals surface area contributed by atoms with Crippen LogP contribution in [0.25, 0.3) is 10.8 Å². The third-order valence-electron chi connectivity index (χ3n) is 2.25. The average molecular weight is 222 g/mol. The Kier molecular flexibility index (Phi) is 2.70. The van der Waals surface area contributed by atoms with Gasteiger partial charge in [-0.2, -0.15) is 0 Å². The molecule has 0 aliphatic carbocycles. The number of hydrogen-bond acceptors (Lipinski definition) is 2. The standard InChI is InChI=1S/C11H10O3S/c1-14-10-6-2-5-9-8(10)4-3-7-11(9)15(12)13/h2-7H,1H3,(H,12,13). The molecule has 0 spiro atoms. The summed E-state index contributed by atoms with van der Waals surface area (Å²) in [6, 6.07) is 10.7. The van der Waals surface area contributed by atoms with Crippen molar-refractivity contribution >= 4 is 21.9 Å². The number of methoxy groups -OCH3 is 1. The largest absolute Gasteiger partial charge is 0.496 e. The Morgan fingerprint density at radius 1 is 1.13 bits per heavy atom. The highest BCUT2D eigenvalue weighted by atomic mass is 32.2. The summed E-state index contributed by atoms with van der Waals surface area (Å²) >= 11 is -1.97. The SMILES string of the molecule is COc1cccc2c(S(=O)O)cccc12. The Hall–Kier alpha value is -1.39. The molecule has 2 aromatic rings. The molecule has 0 saturated heterocycles. The van der Waals surface area contributed by atoms with Gasteiger partial charge in [0.25, 0.3) is 0 Å². The molecule has 0 fully saturated rings. The van der Waals surface area contributed by atoms with Crippen LogP contribution in [0.4, 0.5) is 0 Å². The maximum atomic E-state index is 11.1. The summed E-state index contributed by atoms with van der Waals surface area (Å²) in [6.45, 7) is 0. The van der Waals surface area contributed by atoms with Crippen molar-refractivity contribution < 1.29 is 13.5 Å². The minimum Gasteiger partial charge on any atom is -0.496 e. The fourth-order valence-electron chi connectivity index (χ4n) is 1.58. The van der Waals surface area contributed by atoms with E-state index in [0.717, 1.165) is 10.8 Å². The Morgan fingerprint density at radius 3 is 2.47 bits per heavy atom. The summed E-state index contributed by atoms with van der Waals surface area (Å²) < 4.78 is 25.4. The van der Waals surface area contributed by atoms with Gasteiger partial charge in [0, 0.05) is 10.8 Å². The van der Waals surface area contributed by atoms with Crippen molar-refractivity contribution in [3.8, 4) is 5.75 Å². The summed E-state index contributed by atoms with van der Waals surface area (Å²) in [5.41, 5.74) is 0. The smallest absolute Gasteiger partial charge is 0.187 e. The fraction of sp³-hybridized carbons (Fsp3) is 0.0909. The Labute approximate surface area is 90.0 Å². The Morgan fingerprint density at radius 2 is 1.80 bits per heavy atom. The van der Waals surface area contributed by atoms with Crippen LogP contribution in [-0.4, -0.2) is 15.9 Å². The van der Waals surface area contributed by atoms with Gasteiger partial charge in [-0.15, -0.1) is 0 Å². The lowest BCUT2D eigenvalue weighted by Gasteiger charge is -2.06. The molecule has 78 valence electrons. The van der Waals surface area contributed by atoms with Gasteiger partial charge < -0.3 is 9.29 Å². The second-order valence-corrected chi connectivity index (χ2v) is 4.00. The lowest BCUT2D eigenvalue weighted by molar-refractivity contribution is 0.420. The van der Waals surface area contributed by atoms with Gasteiger partial charge in [0.05, 0.1) is 12.0 Å². The zero-order valence-electron chi connectivity index (χ0n) is 8.14. The molecule has 1 unspecified atom stereocenters. The van der Waals surface area contributed by atoms with Gasteiger partial charge in [-0.1, -0.05) is 24.3 Å².